The summed E-state index contributed by atoms with van der Waals surface area (Å²) >= 11 is -0.0720. The van der Waals surface area contributed by atoms with Crippen LogP contribution in [0.1, 0.15) is 90.9 Å². The maximum atomic E-state index is 8.88. The van der Waals surface area contributed by atoms with Crippen molar-refractivity contribution in [2.45, 2.75) is 101 Å². The van der Waals surface area contributed by atoms with Gasteiger partial charge in [-0.25, -0.2) is 4.57 Å². The Morgan fingerprint density at radius 2 is 0.909 bits per heavy atom. The van der Waals surface area contributed by atoms with Crippen molar-refractivity contribution >= 4 is 7.82 Å². The molecule has 132 valence electrons. The molecule has 0 unspecified atom stereocenters. The summed E-state index contributed by atoms with van der Waals surface area (Å²) < 4.78 is 8.88. The molecule has 0 bridgehead atoms. The first-order valence-electron chi connectivity index (χ1n) is 9.20. The summed E-state index contributed by atoms with van der Waals surface area (Å²) in [4.78, 5) is 21.6. The third-order valence-electron chi connectivity index (χ3n) is 3.71. The van der Waals surface area contributed by atoms with Crippen LogP contribution < -0.4 is 0 Å². The summed E-state index contributed by atoms with van der Waals surface area (Å²) in [7, 11) is -4.64. The molecule has 3 N–H and O–H groups in total. The third-order valence-corrected chi connectivity index (χ3v) is 7.90. The third kappa shape index (κ3) is 37.2. The second-order valence-electron chi connectivity index (χ2n) is 6.11. The zero-order chi connectivity index (χ0) is 17.1. The standard InChI is InChI=1S/2C8H17.H3O4P.Zn/c2*1-3-5-7-8-6-4-2;1-5(2,3)4;/h2*1,3-8H2,2H3;(H3,1,2,3,4);. The molecule has 0 aromatic heterocycles. The van der Waals surface area contributed by atoms with Crippen molar-refractivity contribution in [2.75, 3.05) is 0 Å². The molecule has 0 fully saturated rings. The summed E-state index contributed by atoms with van der Waals surface area (Å²) in [6.07, 6.45) is 17.9. The molecule has 0 spiro atoms. The van der Waals surface area contributed by atoms with Crippen molar-refractivity contribution in [3.63, 3.8) is 0 Å². The van der Waals surface area contributed by atoms with Crippen LogP contribution in [0.4, 0.5) is 0 Å². The van der Waals surface area contributed by atoms with Crippen molar-refractivity contribution in [3.8, 4) is 0 Å². The van der Waals surface area contributed by atoms with Crippen molar-refractivity contribution in [3.05, 3.63) is 0 Å². The fourth-order valence-corrected chi connectivity index (χ4v) is 6.15. The number of hydrogen-bond acceptors (Lipinski definition) is 1. The molecular formula is C16H37O4PZn. The van der Waals surface area contributed by atoms with E-state index < -0.39 is 7.82 Å². The van der Waals surface area contributed by atoms with Crippen LogP contribution in [-0.2, 0) is 21.7 Å². The van der Waals surface area contributed by atoms with E-state index in [0.717, 1.165) is 0 Å². The molecule has 22 heavy (non-hydrogen) atoms. The molecular weight excluding hydrogens is 353 g/mol. The fourth-order valence-electron chi connectivity index (χ4n) is 2.44. The molecule has 0 rings (SSSR count). The van der Waals surface area contributed by atoms with Crippen molar-refractivity contribution < 1.29 is 36.4 Å². The van der Waals surface area contributed by atoms with Gasteiger partial charge in [-0.3, -0.25) is 0 Å². The van der Waals surface area contributed by atoms with E-state index in [1.165, 1.54) is 64.2 Å². The second kappa shape index (κ2) is 19.8. The quantitative estimate of drug-likeness (QED) is 0.202. The monoisotopic (exact) mass is 388 g/mol. The van der Waals surface area contributed by atoms with Gasteiger partial charge in [0.25, 0.3) is 0 Å². The minimum atomic E-state index is -4.64. The molecule has 0 aliphatic heterocycles. The summed E-state index contributed by atoms with van der Waals surface area (Å²) in [6, 6.07) is 0. The maximum Gasteiger partial charge on any atom is 0.466 e. The summed E-state index contributed by atoms with van der Waals surface area (Å²) in [6.45, 7) is 4.60. The van der Waals surface area contributed by atoms with Gasteiger partial charge >= 0.3 is 126 Å². The van der Waals surface area contributed by atoms with E-state index >= 15 is 0 Å². The topological polar surface area (TPSA) is 77.8 Å². The van der Waals surface area contributed by atoms with Crippen molar-refractivity contribution in [1.29, 1.82) is 0 Å². The van der Waals surface area contributed by atoms with E-state index in [1.807, 2.05) is 0 Å². The van der Waals surface area contributed by atoms with Gasteiger partial charge in [0.15, 0.2) is 0 Å². The Hall–Kier alpha value is 0.733. The minimum Gasteiger partial charge on any atom is -0.303 e. The van der Waals surface area contributed by atoms with Crippen LogP contribution in [0.15, 0.2) is 0 Å². The van der Waals surface area contributed by atoms with E-state index in [4.69, 9.17) is 19.2 Å². The predicted octanol–water partition coefficient (Wildman–Crippen LogP) is 5.70. The van der Waals surface area contributed by atoms with Gasteiger partial charge in [0.2, 0.25) is 0 Å². The van der Waals surface area contributed by atoms with Crippen LogP contribution >= 0.6 is 7.82 Å². The average molecular weight is 390 g/mol. The molecule has 6 heteroatoms. The Bertz CT molecular complexity index is 224. The molecule has 0 saturated carbocycles. The van der Waals surface area contributed by atoms with E-state index in [1.54, 1.807) is 22.9 Å². The Balaban J connectivity index is 0. The average Bonchev–Trinajstić information content (AvgIpc) is 2.42. The van der Waals surface area contributed by atoms with E-state index in [0.29, 0.717) is 0 Å². The van der Waals surface area contributed by atoms with Crippen LogP contribution in [-0.4, -0.2) is 14.7 Å². The molecule has 0 amide bonds. The van der Waals surface area contributed by atoms with Crippen LogP contribution in [0.2, 0.25) is 10.0 Å². The Labute approximate surface area is 145 Å². The van der Waals surface area contributed by atoms with Gasteiger partial charge in [-0.05, 0) is 0 Å². The van der Waals surface area contributed by atoms with Gasteiger partial charge < -0.3 is 14.7 Å². The molecule has 0 aromatic rings. The van der Waals surface area contributed by atoms with Crippen molar-refractivity contribution in [1.82, 2.24) is 0 Å². The minimum absolute atomic E-state index is 0.0720. The Morgan fingerprint density at radius 3 is 1.23 bits per heavy atom. The molecule has 0 saturated heterocycles. The maximum absolute atomic E-state index is 8.88. The van der Waals surface area contributed by atoms with Gasteiger partial charge in [-0.15, -0.1) is 0 Å². The SMILES string of the molecule is CCCCCCC[CH2][Zn][CH2]CCCCCCC.O=P(O)(O)O. The van der Waals surface area contributed by atoms with Crippen LogP contribution in [0.3, 0.4) is 0 Å². The zero-order valence-corrected chi connectivity index (χ0v) is 18.7. The van der Waals surface area contributed by atoms with E-state index in [9.17, 15) is 0 Å². The number of hydrogen-bond donors (Lipinski definition) is 3. The van der Waals surface area contributed by atoms with Gasteiger partial charge in [0.1, 0.15) is 0 Å². The van der Waals surface area contributed by atoms with Gasteiger partial charge in [-0.2, -0.15) is 0 Å². The largest absolute Gasteiger partial charge is 0.466 e. The number of rotatable bonds is 14. The Kier molecular flexibility index (Phi) is 22.5. The smallest absolute Gasteiger partial charge is 0.303 e. The summed E-state index contributed by atoms with van der Waals surface area (Å²) in [5.74, 6) is 0. The van der Waals surface area contributed by atoms with Gasteiger partial charge in [0, 0.05) is 0 Å². The first kappa shape index (κ1) is 25.0. The van der Waals surface area contributed by atoms with E-state index in [2.05, 4.69) is 13.8 Å². The molecule has 0 radical (unpaired) electrons. The van der Waals surface area contributed by atoms with E-state index in [-0.39, 0.29) is 17.1 Å². The zero-order valence-electron chi connectivity index (χ0n) is 14.8. The first-order chi connectivity index (χ1) is 10.4. The Morgan fingerprint density at radius 1 is 0.636 bits per heavy atom. The molecule has 0 aliphatic carbocycles. The summed E-state index contributed by atoms with van der Waals surface area (Å²) in [5.41, 5.74) is 0. The van der Waals surface area contributed by atoms with Crippen LogP contribution in [0, 0.1) is 0 Å². The van der Waals surface area contributed by atoms with Gasteiger partial charge in [0.05, 0.1) is 0 Å². The van der Waals surface area contributed by atoms with Crippen LogP contribution in [0.5, 0.6) is 0 Å². The molecule has 4 nitrogen and oxygen atoms in total. The molecule has 0 aromatic carbocycles. The molecule has 0 heterocycles. The molecule has 0 aliphatic rings. The van der Waals surface area contributed by atoms with Crippen LogP contribution in [0.25, 0.3) is 0 Å². The fraction of sp³-hybridized carbons (Fsp3) is 1.00. The number of phosphoric acid groups is 1. The predicted molar refractivity (Wildman–Crippen MR) is 90.6 cm³/mol. The number of unbranched alkanes of at least 4 members (excludes halogenated alkanes) is 10. The van der Waals surface area contributed by atoms with Gasteiger partial charge in [-0.1, -0.05) is 0 Å². The normalized spacial score (nSPS) is 10.8. The van der Waals surface area contributed by atoms with Crippen molar-refractivity contribution in [2.24, 2.45) is 0 Å². The molecule has 0 atom stereocenters. The second-order valence-corrected chi connectivity index (χ2v) is 11.6. The first-order valence-corrected chi connectivity index (χ1v) is 15.0. The summed E-state index contributed by atoms with van der Waals surface area (Å²) in [5, 5.41) is 3.35.